The molecule has 0 spiro atoms. The number of nitrogens with zero attached hydrogens (tertiary/aromatic N) is 1. The Labute approximate surface area is 161 Å². The molecule has 0 aliphatic heterocycles. The molecule has 5 heteroatoms. The number of nitrogens with one attached hydrogen (secondary N) is 2. The van der Waals surface area contributed by atoms with Crippen LogP contribution in [0.25, 0.3) is 0 Å². The van der Waals surface area contributed by atoms with Crippen molar-refractivity contribution in [3.63, 3.8) is 0 Å². The van der Waals surface area contributed by atoms with Gasteiger partial charge in [0.05, 0.1) is 7.11 Å². The predicted molar refractivity (Wildman–Crippen MR) is 108 cm³/mol. The molecule has 1 saturated carbocycles. The fraction of sp³-hybridized carbons (Fsp3) is 0.455. The molecule has 1 fully saturated rings. The van der Waals surface area contributed by atoms with Crippen molar-refractivity contribution in [2.45, 2.75) is 51.0 Å². The fourth-order valence-corrected chi connectivity index (χ4v) is 3.54. The summed E-state index contributed by atoms with van der Waals surface area (Å²) in [6.07, 6.45) is 10.1. The Balaban J connectivity index is 1.51. The lowest BCUT2D eigenvalue weighted by molar-refractivity contribution is 0.0949. The van der Waals surface area contributed by atoms with Gasteiger partial charge in [0.25, 0.3) is 5.91 Å². The van der Waals surface area contributed by atoms with E-state index in [0.29, 0.717) is 18.3 Å². The van der Waals surface area contributed by atoms with Crippen molar-refractivity contribution in [1.29, 1.82) is 0 Å². The molecular formula is C22H29N3O2. The highest BCUT2D eigenvalue weighted by Crippen LogP contribution is 2.21. The van der Waals surface area contributed by atoms with Gasteiger partial charge in [-0.15, -0.1) is 0 Å². The largest absolute Gasteiger partial charge is 0.497 e. The summed E-state index contributed by atoms with van der Waals surface area (Å²) in [6, 6.07) is 12.2. The first-order chi connectivity index (χ1) is 13.2. The summed E-state index contributed by atoms with van der Waals surface area (Å²) in [5.74, 6) is 0.695. The summed E-state index contributed by atoms with van der Waals surface area (Å²) in [7, 11) is 1.66. The van der Waals surface area contributed by atoms with Gasteiger partial charge in [0.1, 0.15) is 11.4 Å². The van der Waals surface area contributed by atoms with E-state index in [1.165, 1.54) is 38.5 Å². The van der Waals surface area contributed by atoms with E-state index in [9.17, 15) is 4.79 Å². The van der Waals surface area contributed by atoms with Gasteiger partial charge in [-0.3, -0.25) is 9.78 Å². The zero-order valence-electron chi connectivity index (χ0n) is 16.0. The van der Waals surface area contributed by atoms with Crippen LogP contribution >= 0.6 is 0 Å². The number of hydrogen-bond donors (Lipinski definition) is 2. The number of benzene rings is 1. The van der Waals surface area contributed by atoms with Crippen LogP contribution in [0.1, 0.15) is 54.6 Å². The first-order valence-electron chi connectivity index (χ1n) is 9.88. The molecule has 1 amide bonds. The van der Waals surface area contributed by atoms with Gasteiger partial charge in [-0.1, -0.05) is 37.8 Å². The van der Waals surface area contributed by atoms with E-state index < -0.39 is 0 Å². The van der Waals surface area contributed by atoms with Gasteiger partial charge in [-0.2, -0.15) is 0 Å². The maximum atomic E-state index is 12.4. The number of rotatable bonds is 7. The van der Waals surface area contributed by atoms with Crippen molar-refractivity contribution in [3.05, 3.63) is 53.9 Å². The molecule has 1 aromatic carbocycles. The molecule has 0 radical (unpaired) electrons. The van der Waals surface area contributed by atoms with Crippen molar-refractivity contribution >= 4 is 11.6 Å². The summed E-state index contributed by atoms with van der Waals surface area (Å²) < 4.78 is 5.23. The number of methoxy groups -OCH3 is 1. The molecular weight excluding hydrogens is 338 g/mol. The van der Waals surface area contributed by atoms with Gasteiger partial charge >= 0.3 is 0 Å². The Morgan fingerprint density at radius 1 is 1.15 bits per heavy atom. The van der Waals surface area contributed by atoms with E-state index in [2.05, 4.69) is 15.6 Å². The van der Waals surface area contributed by atoms with E-state index in [4.69, 9.17) is 4.74 Å². The molecule has 1 aliphatic carbocycles. The minimum absolute atomic E-state index is 0.137. The number of amides is 1. The van der Waals surface area contributed by atoms with Gasteiger partial charge in [-0.05, 0) is 49.1 Å². The van der Waals surface area contributed by atoms with Crippen LogP contribution < -0.4 is 15.4 Å². The standard InChI is InChI=1S/C22H29N3O2/c1-27-20-10-6-7-17(15-20)11-13-24-22(26)21-16-19(12-14-23-21)25-18-8-4-2-3-5-9-18/h6-7,10,12,14-16,18H,2-5,8-9,11,13H2,1H3,(H,23,25)(H,24,26). The van der Waals surface area contributed by atoms with E-state index in [-0.39, 0.29) is 5.91 Å². The predicted octanol–water partition coefficient (Wildman–Crippen LogP) is 4.20. The monoisotopic (exact) mass is 367 g/mol. The molecule has 3 rings (SSSR count). The molecule has 144 valence electrons. The number of aromatic nitrogens is 1. The summed E-state index contributed by atoms with van der Waals surface area (Å²) in [5, 5.41) is 6.53. The highest BCUT2D eigenvalue weighted by molar-refractivity contribution is 5.93. The maximum Gasteiger partial charge on any atom is 0.269 e. The van der Waals surface area contributed by atoms with Gasteiger partial charge in [-0.25, -0.2) is 0 Å². The second kappa shape index (κ2) is 9.95. The molecule has 1 aliphatic rings. The Hall–Kier alpha value is -2.56. The lowest BCUT2D eigenvalue weighted by Gasteiger charge is -2.17. The Morgan fingerprint density at radius 2 is 1.96 bits per heavy atom. The molecule has 5 nitrogen and oxygen atoms in total. The topological polar surface area (TPSA) is 63.2 Å². The van der Waals surface area contributed by atoms with Crippen molar-refractivity contribution in [2.75, 3.05) is 19.0 Å². The normalized spacial score (nSPS) is 15.0. The van der Waals surface area contributed by atoms with Gasteiger partial charge in [0.15, 0.2) is 0 Å². The number of pyridine rings is 1. The van der Waals surface area contributed by atoms with Crippen molar-refractivity contribution in [2.24, 2.45) is 0 Å². The molecule has 2 N–H and O–H groups in total. The molecule has 0 unspecified atom stereocenters. The molecule has 1 aromatic heterocycles. The molecule has 2 aromatic rings. The lowest BCUT2D eigenvalue weighted by Crippen LogP contribution is -2.27. The SMILES string of the molecule is COc1cccc(CCNC(=O)c2cc(NC3CCCCCC3)ccn2)c1. The minimum atomic E-state index is -0.137. The second-order valence-electron chi connectivity index (χ2n) is 7.12. The van der Waals surface area contributed by atoms with Crippen LogP contribution in [0.4, 0.5) is 5.69 Å². The van der Waals surface area contributed by atoms with Crippen LogP contribution in [-0.2, 0) is 6.42 Å². The first kappa shape index (κ1) is 19.2. The third-order valence-corrected chi connectivity index (χ3v) is 5.05. The van der Waals surface area contributed by atoms with E-state index in [0.717, 1.165) is 23.4 Å². The highest BCUT2D eigenvalue weighted by atomic mass is 16.5. The second-order valence-corrected chi connectivity index (χ2v) is 7.12. The Kier molecular flexibility index (Phi) is 7.08. The van der Waals surface area contributed by atoms with Crippen LogP contribution in [0.5, 0.6) is 5.75 Å². The quantitative estimate of drug-likeness (QED) is 0.720. The van der Waals surface area contributed by atoms with Crippen molar-refractivity contribution in [1.82, 2.24) is 10.3 Å². The van der Waals surface area contributed by atoms with E-state index in [1.54, 1.807) is 13.3 Å². The summed E-state index contributed by atoms with van der Waals surface area (Å²) in [5.41, 5.74) is 2.57. The van der Waals surface area contributed by atoms with Gasteiger partial charge in [0.2, 0.25) is 0 Å². The van der Waals surface area contributed by atoms with Crippen LogP contribution in [0, 0.1) is 0 Å². The number of anilines is 1. The maximum absolute atomic E-state index is 12.4. The van der Waals surface area contributed by atoms with E-state index >= 15 is 0 Å². The van der Waals surface area contributed by atoms with Crippen molar-refractivity contribution in [3.8, 4) is 5.75 Å². The van der Waals surface area contributed by atoms with Crippen LogP contribution in [-0.4, -0.2) is 30.6 Å². The average molecular weight is 367 g/mol. The Morgan fingerprint density at radius 3 is 2.74 bits per heavy atom. The molecule has 27 heavy (non-hydrogen) atoms. The highest BCUT2D eigenvalue weighted by Gasteiger charge is 2.13. The zero-order chi connectivity index (χ0) is 18.9. The van der Waals surface area contributed by atoms with E-state index in [1.807, 2.05) is 36.4 Å². The molecule has 0 saturated heterocycles. The average Bonchev–Trinajstić information content (AvgIpc) is 2.97. The number of ether oxygens (including phenoxy) is 1. The third kappa shape index (κ3) is 5.98. The minimum Gasteiger partial charge on any atom is -0.497 e. The van der Waals surface area contributed by atoms with Crippen LogP contribution in [0.2, 0.25) is 0 Å². The van der Waals surface area contributed by atoms with Crippen LogP contribution in [0.3, 0.4) is 0 Å². The zero-order valence-corrected chi connectivity index (χ0v) is 16.0. The third-order valence-electron chi connectivity index (χ3n) is 5.05. The van der Waals surface area contributed by atoms with Gasteiger partial charge < -0.3 is 15.4 Å². The number of carbonyl (C=O) groups is 1. The molecule has 0 bridgehead atoms. The Bertz CT molecular complexity index is 740. The summed E-state index contributed by atoms with van der Waals surface area (Å²) in [4.78, 5) is 16.7. The van der Waals surface area contributed by atoms with Crippen LogP contribution in [0.15, 0.2) is 42.6 Å². The molecule has 0 atom stereocenters. The smallest absolute Gasteiger partial charge is 0.269 e. The fourth-order valence-electron chi connectivity index (χ4n) is 3.54. The van der Waals surface area contributed by atoms with Gasteiger partial charge in [0, 0.05) is 24.5 Å². The van der Waals surface area contributed by atoms with Crippen molar-refractivity contribution < 1.29 is 9.53 Å². The summed E-state index contributed by atoms with van der Waals surface area (Å²) in [6.45, 7) is 0.563. The molecule has 1 heterocycles. The lowest BCUT2D eigenvalue weighted by atomic mass is 10.1. The summed E-state index contributed by atoms with van der Waals surface area (Å²) >= 11 is 0. The number of hydrogen-bond acceptors (Lipinski definition) is 4. The first-order valence-corrected chi connectivity index (χ1v) is 9.88. The number of carbonyl (C=O) groups excluding carboxylic acids is 1.